The van der Waals surface area contributed by atoms with Crippen LogP contribution in [0.1, 0.15) is 24.3 Å². The van der Waals surface area contributed by atoms with Crippen molar-refractivity contribution in [3.8, 4) is 28.5 Å². The lowest BCUT2D eigenvalue weighted by molar-refractivity contribution is 0.0521. The Labute approximate surface area is 143 Å². The van der Waals surface area contributed by atoms with E-state index in [0.29, 0.717) is 12.4 Å². The molecule has 130 valence electrons. The van der Waals surface area contributed by atoms with E-state index in [-0.39, 0.29) is 18.0 Å². The molecular weight excluding hydrogens is 324 g/mol. The summed E-state index contributed by atoms with van der Waals surface area (Å²) >= 11 is 0. The average Bonchev–Trinajstić information content (AvgIpc) is 3.23. The Kier molecular flexibility index (Phi) is 4.69. The van der Waals surface area contributed by atoms with Crippen molar-refractivity contribution < 1.29 is 14.3 Å². The summed E-state index contributed by atoms with van der Waals surface area (Å²) in [7, 11) is 0. The molecule has 3 aromatic rings. The number of aromatic amines is 3. The zero-order valence-electron chi connectivity index (χ0n) is 13.9. The van der Waals surface area contributed by atoms with Crippen LogP contribution in [0.4, 0.5) is 0 Å². The number of esters is 1. The average molecular weight is 342 g/mol. The highest BCUT2D eigenvalue weighted by Crippen LogP contribution is 2.24. The van der Waals surface area contributed by atoms with E-state index >= 15 is 0 Å². The topological polar surface area (TPSA) is 113 Å². The molecule has 8 heteroatoms. The Morgan fingerprint density at radius 3 is 2.52 bits per heavy atom. The summed E-state index contributed by atoms with van der Waals surface area (Å²) in [6, 6.07) is 7.52. The monoisotopic (exact) mass is 342 g/mol. The molecule has 0 aliphatic heterocycles. The Hall–Kier alpha value is -3.29. The molecule has 0 saturated carbocycles. The minimum Gasteiger partial charge on any atom is -0.494 e. The van der Waals surface area contributed by atoms with Gasteiger partial charge in [-0.15, -0.1) is 0 Å². The number of carbonyl (C=O) groups is 1. The van der Waals surface area contributed by atoms with Gasteiger partial charge in [-0.1, -0.05) is 0 Å². The summed E-state index contributed by atoms with van der Waals surface area (Å²) in [5.74, 6) is 0.533. The standard InChI is InChI=1S/C17H18N4O4/c1-3-24-11-7-5-10(6-8-11)12-9-18-15(19-12)13-14(16(22)25-4-2)21-17(23)20-13/h5-9H,3-4H2,1-2H3,(H,18,19)(H2,20,21,23). The number of benzene rings is 1. The Morgan fingerprint density at radius 1 is 1.08 bits per heavy atom. The molecule has 0 unspecified atom stereocenters. The van der Waals surface area contributed by atoms with Crippen LogP contribution in [-0.2, 0) is 4.74 Å². The van der Waals surface area contributed by atoms with E-state index in [2.05, 4.69) is 19.9 Å². The van der Waals surface area contributed by atoms with E-state index in [1.54, 1.807) is 13.1 Å². The summed E-state index contributed by atoms with van der Waals surface area (Å²) in [4.78, 5) is 35.9. The fraction of sp³-hybridized carbons (Fsp3) is 0.235. The Morgan fingerprint density at radius 2 is 1.84 bits per heavy atom. The maximum Gasteiger partial charge on any atom is 0.357 e. The third-order valence-corrected chi connectivity index (χ3v) is 3.50. The molecule has 0 fully saturated rings. The van der Waals surface area contributed by atoms with Crippen LogP contribution in [0.15, 0.2) is 35.3 Å². The first-order valence-corrected chi connectivity index (χ1v) is 7.90. The van der Waals surface area contributed by atoms with Gasteiger partial charge in [-0.25, -0.2) is 14.6 Å². The highest BCUT2D eigenvalue weighted by molar-refractivity contribution is 5.93. The highest BCUT2D eigenvalue weighted by Gasteiger charge is 2.20. The van der Waals surface area contributed by atoms with E-state index in [1.165, 1.54) is 0 Å². The minimum atomic E-state index is -0.616. The number of hydrogen-bond acceptors (Lipinski definition) is 5. The molecule has 0 bridgehead atoms. The molecule has 0 spiro atoms. The van der Waals surface area contributed by atoms with E-state index in [0.717, 1.165) is 17.0 Å². The van der Waals surface area contributed by atoms with Gasteiger partial charge in [0, 0.05) is 0 Å². The van der Waals surface area contributed by atoms with Crippen LogP contribution < -0.4 is 10.4 Å². The fourth-order valence-corrected chi connectivity index (χ4v) is 2.41. The lowest BCUT2D eigenvalue weighted by Gasteiger charge is -2.03. The normalized spacial score (nSPS) is 10.6. The van der Waals surface area contributed by atoms with Crippen LogP contribution >= 0.6 is 0 Å². The second-order valence-electron chi connectivity index (χ2n) is 5.15. The van der Waals surface area contributed by atoms with Crippen LogP contribution in [0.2, 0.25) is 0 Å². The molecular formula is C17H18N4O4. The fourth-order valence-electron chi connectivity index (χ4n) is 2.41. The van der Waals surface area contributed by atoms with Crippen molar-refractivity contribution in [3.05, 3.63) is 46.6 Å². The van der Waals surface area contributed by atoms with Crippen LogP contribution in [0.5, 0.6) is 5.75 Å². The predicted molar refractivity (Wildman–Crippen MR) is 91.6 cm³/mol. The van der Waals surface area contributed by atoms with Crippen LogP contribution in [0.3, 0.4) is 0 Å². The maximum atomic E-state index is 12.0. The summed E-state index contributed by atoms with van der Waals surface area (Å²) in [5, 5.41) is 0. The molecule has 0 atom stereocenters. The first-order valence-electron chi connectivity index (χ1n) is 7.90. The molecule has 0 aliphatic rings. The van der Waals surface area contributed by atoms with Crippen LogP contribution in [0.25, 0.3) is 22.8 Å². The number of hydrogen-bond donors (Lipinski definition) is 3. The summed E-state index contributed by atoms with van der Waals surface area (Å²) in [5.41, 5.74) is 1.45. The van der Waals surface area contributed by atoms with Gasteiger partial charge in [0.15, 0.2) is 11.5 Å². The second-order valence-corrected chi connectivity index (χ2v) is 5.15. The lowest BCUT2D eigenvalue weighted by Crippen LogP contribution is -2.08. The van der Waals surface area contributed by atoms with Gasteiger partial charge in [-0.3, -0.25) is 4.98 Å². The van der Waals surface area contributed by atoms with Gasteiger partial charge < -0.3 is 19.4 Å². The summed E-state index contributed by atoms with van der Waals surface area (Å²) in [6.07, 6.45) is 1.63. The van der Waals surface area contributed by atoms with Crippen molar-refractivity contribution in [3.63, 3.8) is 0 Å². The maximum absolute atomic E-state index is 12.0. The van der Waals surface area contributed by atoms with Gasteiger partial charge in [0.05, 0.1) is 25.1 Å². The summed E-state index contributed by atoms with van der Waals surface area (Å²) in [6.45, 7) is 4.43. The molecule has 1 aromatic carbocycles. The first kappa shape index (κ1) is 16.6. The third-order valence-electron chi connectivity index (χ3n) is 3.50. The van der Waals surface area contributed by atoms with Gasteiger partial charge in [-0.05, 0) is 43.7 Å². The number of aromatic nitrogens is 4. The number of rotatable bonds is 6. The summed E-state index contributed by atoms with van der Waals surface area (Å²) < 4.78 is 10.4. The Balaban J connectivity index is 1.91. The number of nitrogens with one attached hydrogen (secondary N) is 3. The van der Waals surface area contributed by atoms with Crippen LogP contribution in [0, 0.1) is 0 Å². The van der Waals surface area contributed by atoms with Crippen molar-refractivity contribution in [1.29, 1.82) is 0 Å². The molecule has 2 aromatic heterocycles. The van der Waals surface area contributed by atoms with Crippen molar-refractivity contribution >= 4 is 5.97 Å². The molecule has 3 N–H and O–H groups in total. The number of nitrogens with zero attached hydrogens (tertiary/aromatic N) is 1. The largest absolute Gasteiger partial charge is 0.494 e. The zero-order chi connectivity index (χ0) is 17.8. The SMILES string of the molecule is CCOC(=O)c1[nH]c(=O)[nH]c1-c1ncc(-c2ccc(OCC)cc2)[nH]1. The van der Waals surface area contributed by atoms with Gasteiger partial charge in [0.25, 0.3) is 0 Å². The van der Waals surface area contributed by atoms with E-state index in [4.69, 9.17) is 9.47 Å². The second kappa shape index (κ2) is 7.08. The van der Waals surface area contributed by atoms with E-state index < -0.39 is 11.7 Å². The smallest absolute Gasteiger partial charge is 0.357 e. The molecule has 3 rings (SSSR count). The van der Waals surface area contributed by atoms with Gasteiger partial charge in [0.1, 0.15) is 11.4 Å². The number of imidazole rings is 2. The molecule has 0 amide bonds. The first-order chi connectivity index (χ1) is 12.1. The van der Waals surface area contributed by atoms with Crippen molar-refractivity contribution in [2.75, 3.05) is 13.2 Å². The third kappa shape index (κ3) is 3.47. The van der Waals surface area contributed by atoms with Crippen LogP contribution in [-0.4, -0.2) is 39.1 Å². The highest BCUT2D eigenvalue weighted by atomic mass is 16.5. The molecule has 2 heterocycles. The van der Waals surface area contributed by atoms with Crippen molar-refractivity contribution in [2.24, 2.45) is 0 Å². The zero-order valence-corrected chi connectivity index (χ0v) is 13.9. The molecule has 8 nitrogen and oxygen atoms in total. The van der Waals surface area contributed by atoms with Gasteiger partial charge >= 0.3 is 11.7 Å². The molecule has 0 aliphatic carbocycles. The molecule has 0 saturated heterocycles. The predicted octanol–water partition coefficient (Wildman–Crippen LogP) is 2.34. The lowest BCUT2D eigenvalue weighted by atomic mass is 10.2. The van der Waals surface area contributed by atoms with Gasteiger partial charge in [0.2, 0.25) is 0 Å². The Bertz CT molecular complexity index is 921. The van der Waals surface area contributed by atoms with E-state index in [1.807, 2.05) is 31.2 Å². The minimum absolute atomic E-state index is 0.0412. The van der Waals surface area contributed by atoms with Crippen molar-refractivity contribution in [1.82, 2.24) is 19.9 Å². The number of ether oxygens (including phenoxy) is 2. The van der Waals surface area contributed by atoms with E-state index in [9.17, 15) is 9.59 Å². The quantitative estimate of drug-likeness (QED) is 0.595. The molecule has 0 radical (unpaired) electrons. The number of carbonyl (C=O) groups excluding carboxylic acids is 1. The molecule has 25 heavy (non-hydrogen) atoms. The van der Waals surface area contributed by atoms with Gasteiger partial charge in [-0.2, -0.15) is 0 Å². The number of H-pyrrole nitrogens is 3. The van der Waals surface area contributed by atoms with Crippen molar-refractivity contribution in [2.45, 2.75) is 13.8 Å².